The molecule has 1 N–H and O–H groups in total. The van der Waals surface area contributed by atoms with Crippen molar-refractivity contribution >= 4 is 38.9 Å². The monoisotopic (exact) mass is 485 g/mol. The number of benzene rings is 2. The van der Waals surface area contributed by atoms with Crippen LogP contribution >= 0.6 is 23.1 Å². The third-order valence-corrected chi connectivity index (χ3v) is 7.33. The van der Waals surface area contributed by atoms with Gasteiger partial charge in [0, 0.05) is 0 Å². The van der Waals surface area contributed by atoms with Crippen molar-refractivity contribution in [1.29, 1.82) is 5.26 Å². The summed E-state index contributed by atoms with van der Waals surface area (Å²) in [5, 5.41) is 30.2. The second-order valence-corrected chi connectivity index (χ2v) is 9.81. The summed E-state index contributed by atoms with van der Waals surface area (Å²) in [4.78, 5) is 4.53. The quantitative estimate of drug-likeness (QED) is 0.167. The van der Waals surface area contributed by atoms with Crippen molar-refractivity contribution < 1.29 is 9.52 Å². The van der Waals surface area contributed by atoms with Crippen molar-refractivity contribution in [3.05, 3.63) is 89.3 Å². The van der Waals surface area contributed by atoms with E-state index >= 15 is 0 Å². The highest BCUT2D eigenvalue weighted by Crippen LogP contribution is 2.34. The first-order valence-electron chi connectivity index (χ1n) is 10.5. The molecule has 7 nitrogen and oxygen atoms in total. The van der Waals surface area contributed by atoms with Gasteiger partial charge in [0.05, 0.1) is 28.3 Å². The standard InChI is InChI=1S/C25H19N5O2S2/c1-16(22(31)18(14-26)24-27-19-10-5-6-12-21(19)34-24)33-25-29-28-23(20-11-7-13-32-20)30(25)15-17-8-3-2-4-9-17/h2-13,16,31H,15H2,1H3/b22-18-. The fourth-order valence-electron chi connectivity index (χ4n) is 3.48. The van der Waals surface area contributed by atoms with Gasteiger partial charge in [0.2, 0.25) is 5.82 Å². The fourth-order valence-corrected chi connectivity index (χ4v) is 5.36. The molecular formula is C25H19N5O2S2. The Kier molecular flexibility index (Phi) is 6.16. The van der Waals surface area contributed by atoms with E-state index in [1.165, 1.54) is 23.1 Å². The molecule has 34 heavy (non-hydrogen) atoms. The molecule has 1 atom stereocenters. The van der Waals surface area contributed by atoms with E-state index in [-0.39, 0.29) is 11.3 Å². The first kappa shape index (κ1) is 21.9. The van der Waals surface area contributed by atoms with Crippen LogP contribution in [0.25, 0.3) is 27.4 Å². The zero-order chi connectivity index (χ0) is 23.5. The van der Waals surface area contributed by atoms with Crippen molar-refractivity contribution in [2.75, 3.05) is 0 Å². The average molecular weight is 486 g/mol. The van der Waals surface area contributed by atoms with Gasteiger partial charge in [-0.3, -0.25) is 4.57 Å². The Bertz CT molecular complexity index is 1460. The molecule has 0 aliphatic rings. The maximum atomic E-state index is 11.0. The molecule has 0 radical (unpaired) electrons. The normalized spacial score (nSPS) is 12.9. The Balaban J connectivity index is 1.48. The first-order chi connectivity index (χ1) is 16.6. The predicted molar refractivity (Wildman–Crippen MR) is 133 cm³/mol. The van der Waals surface area contributed by atoms with E-state index in [9.17, 15) is 10.4 Å². The van der Waals surface area contributed by atoms with Gasteiger partial charge in [-0.25, -0.2) is 4.98 Å². The van der Waals surface area contributed by atoms with Gasteiger partial charge in [-0.15, -0.1) is 21.5 Å². The van der Waals surface area contributed by atoms with Crippen LogP contribution in [0.2, 0.25) is 0 Å². The molecule has 0 saturated heterocycles. The number of aromatic nitrogens is 4. The highest BCUT2D eigenvalue weighted by molar-refractivity contribution is 7.99. The maximum absolute atomic E-state index is 11.0. The summed E-state index contributed by atoms with van der Waals surface area (Å²) < 4.78 is 8.48. The van der Waals surface area contributed by atoms with Crippen LogP contribution in [-0.4, -0.2) is 30.1 Å². The molecule has 5 rings (SSSR count). The number of nitriles is 1. The van der Waals surface area contributed by atoms with Crippen LogP contribution in [0.3, 0.4) is 0 Å². The predicted octanol–water partition coefficient (Wildman–Crippen LogP) is 6.17. The number of aliphatic hydroxyl groups excluding tert-OH is 1. The molecule has 0 saturated carbocycles. The Morgan fingerprint density at radius 3 is 2.65 bits per heavy atom. The van der Waals surface area contributed by atoms with Crippen LogP contribution in [0.5, 0.6) is 0 Å². The lowest BCUT2D eigenvalue weighted by Crippen LogP contribution is -2.08. The van der Waals surface area contributed by atoms with E-state index < -0.39 is 5.25 Å². The van der Waals surface area contributed by atoms with E-state index in [4.69, 9.17) is 4.42 Å². The Labute approximate surface area is 204 Å². The smallest absolute Gasteiger partial charge is 0.200 e. The molecule has 0 fully saturated rings. The average Bonchev–Trinajstić information content (AvgIpc) is 3.60. The number of aliphatic hydroxyl groups is 1. The van der Waals surface area contributed by atoms with Gasteiger partial charge in [0.15, 0.2) is 10.9 Å². The highest BCUT2D eigenvalue weighted by atomic mass is 32.2. The zero-order valence-corrected chi connectivity index (χ0v) is 19.8. The van der Waals surface area contributed by atoms with E-state index in [0.717, 1.165) is 15.8 Å². The van der Waals surface area contributed by atoms with Gasteiger partial charge in [-0.1, -0.05) is 54.2 Å². The number of thiazole rings is 1. The summed E-state index contributed by atoms with van der Waals surface area (Å²) in [6, 6.07) is 23.4. The number of furan rings is 1. The van der Waals surface area contributed by atoms with Crippen LogP contribution in [0, 0.1) is 11.3 Å². The summed E-state index contributed by atoms with van der Waals surface area (Å²) in [5.74, 6) is 1.16. The number of para-hydroxylation sites is 1. The number of fused-ring (bicyclic) bond motifs is 1. The summed E-state index contributed by atoms with van der Waals surface area (Å²) in [5.41, 5.74) is 2.05. The number of nitrogens with zero attached hydrogens (tertiary/aromatic N) is 5. The van der Waals surface area contributed by atoms with Crippen LogP contribution in [0.15, 0.2) is 88.3 Å². The van der Waals surface area contributed by atoms with E-state index in [0.29, 0.717) is 28.3 Å². The van der Waals surface area contributed by atoms with Crippen LogP contribution < -0.4 is 0 Å². The maximum Gasteiger partial charge on any atom is 0.200 e. The van der Waals surface area contributed by atoms with Crippen molar-refractivity contribution in [2.45, 2.75) is 23.9 Å². The molecule has 0 bridgehead atoms. The SMILES string of the molecule is CC(Sc1nnc(-c2ccco2)n1Cc1ccccc1)/C(O)=C(\C#N)c1nc2ccccc2s1. The lowest BCUT2D eigenvalue weighted by Gasteiger charge is -2.13. The highest BCUT2D eigenvalue weighted by Gasteiger charge is 2.23. The summed E-state index contributed by atoms with van der Waals surface area (Å²) in [7, 11) is 0. The summed E-state index contributed by atoms with van der Waals surface area (Å²) in [6.45, 7) is 2.37. The van der Waals surface area contributed by atoms with Crippen LogP contribution in [-0.2, 0) is 6.54 Å². The molecule has 3 heterocycles. The minimum atomic E-state index is -0.454. The number of hydrogen-bond donors (Lipinski definition) is 1. The number of thioether (sulfide) groups is 1. The van der Waals surface area contributed by atoms with E-state index in [1.54, 1.807) is 12.3 Å². The second kappa shape index (κ2) is 9.55. The number of rotatable bonds is 7. The van der Waals surface area contributed by atoms with Gasteiger partial charge in [0.1, 0.15) is 22.4 Å². The lowest BCUT2D eigenvalue weighted by atomic mass is 10.2. The topological polar surface area (TPSA) is 101 Å². The first-order valence-corrected chi connectivity index (χ1v) is 12.2. The minimum Gasteiger partial charge on any atom is -0.510 e. The molecule has 2 aromatic carbocycles. The van der Waals surface area contributed by atoms with Crippen molar-refractivity contribution in [1.82, 2.24) is 19.7 Å². The van der Waals surface area contributed by atoms with Crippen molar-refractivity contribution in [2.24, 2.45) is 0 Å². The number of hydrogen-bond acceptors (Lipinski definition) is 8. The molecule has 3 aromatic heterocycles. The zero-order valence-electron chi connectivity index (χ0n) is 18.1. The molecule has 5 aromatic rings. The molecule has 0 aliphatic heterocycles. The Morgan fingerprint density at radius 1 is 1.12 bits per heavy atom. The Hall–Kier alpha value is -3.87. The second-order valence-electron chi connectivity index (χ2n) is 7.47. The third kappa shape index (κ3) is 4.33. The van der Waals surface area contributed by atoms with Crippen molar-refractivity contribution in [3.8, 4) is 17.7 Å². The van der Waals surface area contributed by atoms with Crippen LogP contribution in [0.1, 0.15) is 17.5 Å². The van der Waals surface area contributed by atoms with Crippen molar-refractivity contribution in [3.63, 3.8) is 0 Å². The lowest BCUT2D eigenvalue weighted by molar-refractivity contribution is 0.402. The molecule has 9 heteroatoms. The van der Waals surface area contributed by atoms with Crippen LogP contribution in [0.4, 0.5) is 0 Å². The molecule has 0 aliphatic carbocycles. The molecular weight excluding hydrogens is 466 g/mol. The summed E-state index contributed by atoms with van der Waals surface area (Å²) >= 11 is 2.71. The van der Waals surface area contributed by atoms with Gasteiger partial charge in [-0.2, -0.15) is 5.26 Å². The number of allylic oxidation sites excluding steroid dienone is 1. The molecule has 0 spiro atoms. The fraction of sp³-hybridized carbons (Fsp3) is 0.120. The molecule has 0 amide bonds. The minimum absolute atomic E-state index is 0.0413. The van der Waals surface area contributed by atoms with E-state index in [2.05, 4.69) is 21.3 Å². The Morgan fingerprint density at radius 2 is 1.91 bits per heavy atom. The van der Waals surface area contributed by atoms with Gasteiger partial charge in [0.25, 0.3) is 0 Å². The van der Waals surface area contributed by atoms with E-state index in [1.807, 2.05) is 72.2 Å². The largest absolute Gasteiger partial charge is 0.510 e. The summed E-state index contributed by atoms with van der Waals surface area (Å²) in [6.07, 6.45) is 1.60. The van der Waals surface area contributed by atoms with Gasteiger partial charge in [-0.05, 0) is 36.8 Å². The van der Waals surface area contributed by atoms with Gasteiger partial charge < -0.3 is 9.52 Å². The molecule has 168 valence electrons. The third-order valence-electron chi connectivity index (χ3n) is 5.18. The van der Waals surface area contributed by atoms with Gasteiger partial charge >= 0.3 is 0 Å². The molecule has 1 unspecified atom stereocenters.